The lowest BCUT2D eigenvalue weighted by Gasteiger charge is -2.09. The van der Waals surface area contributed by atoms with Gasteiger partial charge in [-0.15, -0.1) is 0 Å². The minimum atomic E-state index is -3.63. The van der Waals surface area contributed by atoms with Crippen LogP contribution in [-0.4, -0.2) is 35.7 Å². The number of hydrogen-bond donors (Lipinski definition) is 3. The van der Waals surface area contributed by atoms with Gasteiger partial charge in [-0.2, -0.15) is 8.42 Å². The Kier molecular flexibility index (Phi) is 6.40. The number of sulfonamides is 1. The smallest absolute Gasteiger partial charge is 0.276 e. The molecule has 0 saturated carbocycles. The van der Waals surface area contributed by atoms with Crippen LogP contribution in [0.5, 0.6) is 0 Å². The van der Waals surface area contributed by atoms with Crippen LogP contribution in [0, 0.1) is 0 Å². The molecule has 114 valence electrons. The van der Waals surface area contributed by atoms with Crippen molar-refractivity contribution in [3.05, 3.63) is 30.3 Å². The predicted octanol–water partition coefficient (Wildman–Crippen LogP) is 0.262. The van der Waals surface area contributed by atoms with Crippen molar-refractivity contribution < 1.29 is 16.8 Å². The fourth-order valence-corrected chi connectivity index (χ4v) is 3.38. The van der Waals surface area contributed by atoms with Crippen LogP contribution in [0.3, 0.4) is 0 Å². The fraction of sp³-hybridized carbons (Fsp3) is 0.455. The molecule has 0 unspecified atom stereocenters. The van der Waals surface area contributed by atoms with Crippen molar-refractivity contribution in [3.8, 4) is 0 Å². The van der Waals surface area contributed by atoms with Crippen molar-refractivity contribution in [1.82, 2.24) is 9.44 Å². The molecule has 0 saturated heterocycles. The second kappa shape index (κ2) is 7.58. The van der Waals surface area contributed by atoms with Crippen molar-refractivity contribution in [3.63, 3.8) is 0 Å². The standard InChI is InChI=1S/C11H19N3O4S2/c1-2-8-12-20(17,18)13-9-10-19(15,16)14-11-6-4-3-5-7-11/h3-7,12-14H,2,8-10H2,1H3. The summed E-state index contributed by atoms with van der Waals surface area (Å²) in [5.74, 6) is -0.338. The molecule has 3 N–H and O–H groups in total. The number of nitrogens with one attached hydrogen (secondary N) is 3. The first kappa shape index (κ1) is 16.9. The maximum absolute atomic E-state index is 11.7. The van der Waals surface area contributed by atoms with Crippen LogP contribution in [0.2, 0.25) is 0 Å². The van der Waals surface area contributed by atoms with Crippen LogP contribution in [0.15, 0.2) is 30.3 Å². The van der Waals surface area contributed by atoms with Crippen molar-refractivity contribution in [2.24, 2.45) is 0 Å². The van der Waals surface area contributed by atoms with E-state index in [-0.39, 0.29) is 12.3 Å². The highest BCUT2D eigenvalue weighted by Crippen LogP contribution is 2.07. The summed E-state index contributed by atoms with van der Waals surface area (Å²) in [6.45, 7) is 1.95. The Labute approximate surface area is 120 Å². The number of hydrogen-bond acceptors (Lipinski definition) is 4. The summed E-state index contributed by atoms with van der Waals surface area (Å²) >= 11 is 0. The molecule has 0 amide bonds. The van der Waals surface area contributed by atoms with Gasteiger partial charge in [0.05, 0.1) is 5.75 Å². The van der Waals surface area contributed by atoms with Crippen LogP contribution >= 0.6 is 0 Å². The molecule has 0 heterocycles. The molecule has 0 aromatic heterocycles. The zero-order valence-corrected chi connectivity index (χ0v) is 12.8. The molecule has 0 aliphatic rings. The highest BCUT2D eigenvalue weighted by Gasteiger charge is 2.13. The maximum atomic E-state index is 11.7. The van der Waals surface area contributed by atoms with E-state index in [1.807, 2.05) is 6.92 Å². The number of anilines is 1. The van der Waals surface area contributed by atoms with E-state index in [2.05, 4.69) is 14.2 Å². The Bertz CT molecular complexity index is 600. The molecular formula is C11H19N3O4S2. The van der Waals surface area contributed by atoms with E-state index < -0.39 is 20.2 Å². The third-order valence-electron chi connectivity index (χ3n) is 2.25. The lowest BCUT2D eigenvalue weighted by atomic mass is 10.3. The number of rotatable bonds is 9. The van der Waals surface area contributed by atoms with Crippen molar-refractivity contribution in [1.29, 1.82) is 0 Å². The van der Waals surface area contributed by atoms with Gasteiger partial charge < -0.3 is 0 Å². The topological polar surface area (TPSA) is 104 Å². The third-order valence-corrected chi connectivity index (χ3v) is 4.71. The summed E-state index contributed by atoms with van der Waals surface area (Å²) in [6, 6.07) is 8.41. The number of benzene rings is 1. The van der Waals surface area contributed by atoms with Gasteiger partial charge in [0.1, 0.15) is 0 Å². The fourth-order valence-electron chi connectivity index (χ4n) is 1.33. The van der Waals surface area contributed by atoms with Crippen LogP contribution < -0.4 is 14.2 Å². The van der Waals surface area contributed by atoms with Crippen molar-refractivity contribution in [2.45, 2.75) is 13.3 Å². The molecule has 0 aliphatic heterocycles. The molecule has 7 nitrogen and oxygen atoms in total. The zero-order chi connectivity index (χ0) is 15.1. The van der Waals surface area contributed by atoms with Crippen LogP contribution in [0.25, 0.3) is 0 Å². The summed E-state index contributed by atoms with van der Waals surface area (Å²) in [5, 5.41) is 0. The molecule has 0 spiro atoms. The highest BCUT2D eigenvalue weighted by atomic mass is 32.2. The first-order valence-corrected chi connectivity index (χ1v) is 9.28. The van der Waals surface area contributed by atoms with E-state index >= 15 is 0 Å². The van der Waals surface area contributed by atoms with Crippen LogP contribution in [0.1, 0.15) is 13.3 Å². The molecule has 1 aromatic rings. The first-order chi connectivity index (χ1) is 9.35. The highest BCUT2D eigenvalue weighted by molar-refractivity contribution is 7.92. The summed E-state index contributed by atoms with van der Waals surface area (Å²) in [6.07, 6.45) is 0.661. The Morgan fingerprint density at radius 2 is 1.55 bits per heavy atom. The second-order valence-corrected chi connectivity index (χ2v) is 7.51. The SMILES string of the molecule is CCCNS(=O)(=O)NCCS(=O)(=O)Nc1ccccc1. The van der Waals surface area contributed by atoms with Gasteiger partial charge in [0.25, 0.3) is 10.2 Å². The monoisotopic (exact) mass is 321 g/mol. The molecule has 0 fully saturated rings. The summed E-state index contributed by atoms with van der Waals surface area (Å²) in [5.41, 5.74) is 0.444. The molecular weight excluding hydrogens is 302 g/mol. The lowest BCUT2D eigenvalue weighted by molar-refractivity contribution is 0.567. The predicted molar refractivity (Wildman–Crippen MR) is 79.1 cm³/mol. The van der Waals surface area contributed by atoms with E-state index in [1.165, 1.54) is 0 Å². The first-order valence-electron chi connectivity index (χ1n) is 6.14. The quantitative estimate of drug-likeness (QED) is 0.607. The Morgan fingerprint density at radius 3 is 2.15 bits per heavy atom. The Balaban J connectivity index is 2.44. The van der Waals surface area contributed by atoms with Gasteiger partial charge >= 0.3 is 0 Å². The van der Waals surface area contributed by atoms with Crippen molar-refractivity contribution >= 4 is 25.9 Å². The van der Waals surface area contributed by atoms with Crippen molar-refractivity contribution in [2.75, 3.05) is 23.6 Å². The van der Waals surface area contributed by atoms with E-state index in [4.69, 9.17) is 0 Å². The molecule has 0 aliphatic carbocycles. The summed E-state index contributed by atoms with van der Waals surface area (Å²) in [7, 11) is -7.21. The van der Waals surface area contributed by atoms with Gasteiger partial charge in [-0.25, -0.2) is 17.9 Å². The minimum absolute atomic E-state index is 0.193. The van der Waals surface area contributed by atoms with Crippen LogP contribution in [0.4, 0.5) is 5.69 Å². The van der Waals surface area contributed by atoms with Gasteiger partial charge in [-0.1, -0.05) is 25.1 Å². The van der Waals surface area contributed by atoms with Crippen LogP contribution in [-0.2, 0) is 20.2 Å². The minimum Gasteiger partial charge on any atom is -0.284 e. The largest absolute Gasteiger partial charge is 0.284 e. The van der Waals surface area contributed by atoms with Gasteiger partial charge in [0.15, 0.2) is 0 Å². The van der Waals surface area contributed by atoms with E-state index in [1.54, 1.807) is 30.3 Å². The molecule has 0 radical (unpaired) electrons. The lowest BCUT2D eigenvalue weighted by Crippen LogP contribution is -2.39. The van der Waals surface area contributed by atoms with E-state index in [9.17, 15) is 16.8 Å². The normalized spacial score (nSPS) is 12.2. The average molecular weight is 321 g/mol. The molecule has 9 heteroatoms. The van der Waals surface area contributed by atoms with Gasteiger partial charge in [-0.05, 0) is 18.6 Å². The summed E-state index contributed by atoms with van der Waals surface area (Å²) in [4.78, 5) is 0. The third kappa shape index (κ3) is 6.85. The second-order valence-electron chi connectivity index (χ2n) is 4.08. The average Bonchev–Trinajstić information content (AvgIpc) is 2.36. The Morgan fingerprint density at radius 1 is 0.950 bits per heavy atom. The molecule has 0 atom stereocenters. The zero-order valence-electron chi connectivity index (χ0n) is 11.2. The Hall–Kier alpha value is -1.16. The van der Waals surface area contributed by atoms with E-state index in [0.717, 1.165) is 0 Å². The molecule has 1 rings (SSSR count). The van der Waals surface area contributed by atoms with Gasteiger partial charge in [0, 0.05) is 18.8 Å². The number of para-hydroxylation sites is 1. The van der Waals surface area contributed by atoms with E-state index in [0.29, 0.717) is 18.7 Å². The molecule has 1 aromatic carbocycles. The maximum Gasteiger partial charge on any atom is 0.276 e. The van der Waals surface area contributed by atoms with Gasteiger partial charge in [0.2, 0.25) is 10.0 Å². The van der Waals surface area contributed by atoms with Gasteiger partial charge in [-0.3, -0.25) is 4.72 Å². The summed E-state index contributed by atoms with van der Waals surface area (Å²) < 4.78 is 53.1. The molecule has 20 heavy (non-hydrogen) atoms. The molecule has 0 bridgehead atoms.